The lowest BCUT2D eigenvalue weighted by Gasteiger charge is -2.24. The number of likely N-dealkylation sites (N-methyl/N-ethyl adjacent to an activating group) is 1. The summed E-state index contributed by atoms with van der Waals surface area (Å²) in [5.74, 6) is -0.122. The molecule has 0 radical (unpaired) electrons. The minimum Gasteiger partial charge on any atom is -0.466 e. The number of ether oxygens (including phenoxy) is 1. The molecule has 4 nitrogen and oxygen atoms in total. The van der Waals surface area contributed by atoms with Crippen molar-refractivity contribution in [3.05, 3.63) is 0 Å². The largest absolute Gasteiger partial charge is 0.466 e. The van der Waals surface area contributed by atoms with Gasteiger partial charge in [0.25, 0.3) is 0 Å². The Morgan fingerprint density at radius 2 is 2.00 bits per heavy atom. The van der Waals surface area contributed by atoms with Gasteiger partial charge in [-0.1, -0.05) is 6.92 Å². The molecule has 0 saturated heterocycles. The van der Waals surface area contributed by atoms with Crippen LogP contribution in [-0.4, -0.2) is 49.7 Å². The van der Waals surface area contributed by atoms with Crippen molar-refractivity contribution in [2.24, 2.45) is 0 Å². The van der Waals surface area contributed by atoms with Gasteiger partial charge in [0.15, 0.2) is 0 Å². The van der Waals surface area contributed by atoms with Gasteiger partial charge in [0.1, 0.15) is 0 Å². The summed E-state index contributed by atoms with van der Waals surface area (Å²) in [4.78, 5) is 13.6. The summed E-state index contributed by atoms with van der Waals surface area (Å²) in [6, 6.07) is 0.788. The van der Waals surface area contributed by atoms with Crippen LogP contribution < -0.4 is 5.32 Å². The molecule has 0 aliphatic heterocycles. The van der Waals surface area contributed by atoms with Crippen molar-refractivity contribution in [1.29, 1.82) is 0 Å². The second-order valence-corrected chi connectivity index (χ2v) is 4.60. The summed E-state index contributed by atoms with van der Waals surface area (Å²) in [6.07, 6.45) is 1.61. The average molecular weight is 244 g/mol. The zero-order valence-electron chi connectivity index (χ0n) is 12.0. The van der Waals surface area contributed by atoms with Crippen LogP contribution in [0.5, 0.6) is 0 Å². The molecular formula is C13H28N2O2. The van der Waals surface area contributed by atoms with Gasteiger partial charge in [0.05, 0.1) is 13.0 Å². The molecule has 102 valence electrons. The van der Waals surface area contributed by atoms with E-state index in [2.05, 4.69) is 31.1 Å². The van der Waals surface area contributed by atoms with Crippen molar-refractivity contribution in [1.82, 2.24) is 10.2 Å². The zero-order chi connectivity index (χ0) is 13.3. The first kappa shape index (κ1) is 16.4. The number of hydrogen-bond acceptors (Lipinski definition) is 4. The Morgan fingerprint density at radius 3 is 2.53 bits per heavy atom. The quantitative estimate of drug-likeness (QED) is 0.626. The van der Waals surface area contributed by atoms with Gasteiger partial charge in [-0.3, -0.25) is 4.79 Å². The molecule has 0 heterocycles. The molecule has 0 saturated carbocycles. The zero-order valence-corrected chi connectivity index (χ0v) is 12.0. The number of nitrogens with zero attached hydrogens (tertiary/aromatic N) is 1. The van der Waals surface area contributed by atoms with Crippen LogP contribution in [-0.2, 0) is 9.53 Å². The normalized spacial score (nSPS) is 14.7. The topological polar surface area (TPSA) is 41.6 Å². The van der Waals surface area contributed by atoms with Crippen LogP contribution in [0.4, 0.5) is 0 Å². The Hall–Kier alpha value is -0.610. The Balaban J connectivity index is 3.63. The number of carbonyl (C=O) groups is 1. The highest BCUT2D eigenvalue weighted by Crippen LogP contribution is 1.99. The van der Waals surface area contributed by atoms with Crippen LogP contribution in [0.1, 0.15) is 40.5 Å². The number of nitrogens with one attached hydrogen (secondary N) is 1. The van der Waals surface area contributed by atoms with Crippen LogP contribution in [0.2, 0.25) is 0 Å². The van der Waals surface area contributed by atoms with Crippen LogP contribution in [0.15, 0.2) is 0 Å². The van der Waals surface area contributed by atoms with E-state index in [1.165, 1.54) is 0 Å². The fourth-order valence-electron chi connectivity index (χ4n) is 1.56. The summed E-state index contributed by atoms with van der Waals surface area (Å²) in [7, 11) is 2.13. The summed E-state index contributed by atoms with van der Waals surface area (Å²) in [5.41, 5.74) is 0. The first-order chi connectivity index (χ1) is 8.01. The van der Waals surface area contributed by atoms with Crippen molar-refractivity contribution < 1.29 is 9.53 Å². The summed E-state index contributed by atoms with van der Waals surface area (Å²) < 4.78 is 4.91. The maximum absolute atomic E-state index is 11.2. The highest BCUT2D eigenvalue weighted by atomic mass is 16.5. The third-order valence-electron chi connectivity index (χ3n) is 3.08. The summed E-state index contributed by atoms with van der Waals surface area (Å²) >= 11 is 0. The van der Waals surface area contributed by atoms with Crippen LogP contribution in [0, 0.1) is 0 Å². The molecule has 0 amide bonds. The Bertz CT molecular complexity index is 210. The molecule has 17 heavy (non-hydrogen) atoms. The molecule has 0 fully saturated rings. The lowest BCUT2D eigenvalue weighted by molar-refractivity contribution is -0.143. The van der Waals surface area contributed by atoms with Gasteiger partial charge in [-0.25, -0.2) is 0 Å². The number of esters is 1. The molecule has 4 heteroatoms. The second-order valence-electron chi connectivity index (χ2n) is 4.60. The third-order valence-corrected chi connectivity index (χ3v) is 3.08. The molecular weight excluding hydrogens is 216 g/mol. The van der Waals surface area contributed by atoms with Crippen LogP contribution >= 0.6 is 0 Å². The fourth-order valence-corrected chi connectivity index (χ4v) is 1.56. The van der Waals surface area contributed by atoms with Gasteiger partial charge < -0.3 is 15.0 Å². The van der Waals surface area contributed by atoms with E-state index in [9.17, 15) is 4.79 Å². The molecule has 2 atom stereocenters. The number of carbonyl (C=O) groups excluding carboxylic acids is 1. The average Bonchev–Trinajstić information content (AvgIpc) is 2.27. The number of hydrogen-bond donors (Lipinski definition) is 1. The van der Waals surface area contributed by atoms with E-state index in [-0.39, 0.29) is 12.0 Å². The molecule has 1 N–H and O–H groups in total. The standard InChI is InChI=1S/C13H28N2O2/c1-6-12(4)15(5)9-8-14-11(3)10-13(16)17-7-2/h11-12,14H,6-10H2,1-5H3. The van der Waals surface area contributed by atoms with Crippen molar-refractivity contribution in [2.75, 3.05) is 26.7 Å². The van der Waals surface area contributed by atoms with E-state index in [0.717, 1.165) is 19.5 Å². The molecule has 0 aromatic carbocycles. The van der Waals surface area contributed by atoms with Crippen molar-refractivity contribution >= 4 is 5.97 Å². The maximum atomic E-state index is 11.2. The van der Waals surface area contributed by atoms with Gasteiger partial charge in [-0.2, -0.15) is 0 Å². The molecule has 0 aliphatic rings. The van der Waals surface area contributed by atoms with E-state index in [4.69, 9.17) is 4.74 Å². The Labute approximate surface area is 106 Å². The van der Waals surface area contributed by atoms with E-state index in [0.29, 0.717) is 19.1 Å². The summed E-state index contributed by atoms with van der Waals surface area (Å²) in [5, 5.41) is 3.34. The third kappa shape index (κ3) is 8.16. The summed E-state index contributed by atoms with van der Waals surface area (Å²) in [6.45, 7) is 10.6. The van der Waals surface area contributed by atoms with Gasteiger partial charge in [0.2, 0.25) is 0 Å². The SMILES string of the molecule is CCOC(=O)CC(C)NCCN(C)C(C)CC. The fraction of sp³-hybridized carbons (Fsp3) is 0.923. The first-order valence-electron chi connectivity index (χ1n) is 6.60. The molecule has 0 aromatic rings. The van der Waals surface area contributed by atoms with Crippen molar-refractivity contribution in [3.8, 4) is 0 Å². The Kier molecular flexibility index (Phi) is 9.09. The highest BCUT2D eigenvalue weighted by molar-refractivity contribution is 5.69. The molecule has 0 aliphatic carbocycles. The molecule has 0 aromatic heterocycles. The first-order valence-corrected chi connectivity index (χ1v) is 6.60. The molecule has 2 unspecified atom stereocenters. The van der Waals surface area contributed by atoms with E-state index >= 15 is 0 Å². The second kappa shape index (κ2) is 9.42. The Morgan fingerprint density at radius 1 is 1.35 bits per heavy atom. The minimum absolute atomic E-state index is 0.122. The van der Waals surface area contributed by atoms with E-state index in [1.54, 1.807) is 0 Å². The van der Waals surface area contributed by atoms with Crippen molar-refractivity contribution in [2.45, 2.75) is 52.6 Å². The monoisotopic (exact) mass is 244 g/mol. The van der Waals surface area contributed by atoms with Crippen LogP contribution in [0.25, 0.3) is 0 Å². The predicted molar refractivity (Wildman–Crippen MR) is 71.1 cm³/mol. The van der Waals surface area contributed by atoms with Crippen molar-refractivity contribution in [3.63, 3.8) is 0 Å². The van der Waals surface area contributed by atoms with Gasteiger partial charge in [0, 0.05) is 25.2 Å². The predicted octanol–water partition coefficient (Wildman–Crippen LogP) is 1.65. The van der Waals surface area contributed by atoms with E-state index < -0.39 is 0 Å². The van der Waals surface area contributed by atoms with Gasteiger partial charge in [-0.15, -0.1) is 0 Å². The lowest BCUT2D eigenvalue weighted by atomic mass is 10.2. The van der Waals surface area contributed by atoms with Gasteiger partial charge >= 0.3 is 5.97 Å². The number of rotatable bonds is 9. The smallest absolute Gasteiger partial charge is 0.307 e. The highest BCUT2D eigenvalue weighted by Gasteiger charge is 2.10. The maximum Gasteiger partial charge on any atom is 0.307 e. The molecule has 0 rings (SSSR count). The van der Waals surface area contributed by atoms with Gasteiger partial charge in [-0.05, 0) is 34.2 Å². The lowest BCUT2D eigenvalue weighted by Crippen LogP contribution is -2.38. The minimum atomic E-state index is -0.122. The molecule has 0 spiro atoms. The molecule has 0 bridgehead atoms. The van der Waals surface area contributed by atoms with Crippen LogP contribution in [0.3, 0.4) is 0 Å². The van der Waals surface area contributed by atoms with E-state index in [1.807, 2.05) is 13.8 Å².